The van der Waals surface area contributed by atoms with Gasteiger partial charge in [0.15, 0.2) is 0 Å². The number of hydrogen-bond acceptors (Lipinski definition) is 2. The zero-order valence-electron chi connectivity index (χ0n) is 7.81. The molecule has 1 aromatic heterocycles. The molecule has 0 spiro atoms. The molecule has 72 valence electrons. The molecular weight excluding hydrogens is 198 g/mol. The Labute approximate surface area is 87.3 Å². The zero-order valence-corrected chi connectivity index (χ0v) is 8.57. The van der Waals surface area contributed by atoms with Crippen molar-refractivity contribution >= 4 is 11.6 Å². The van der Waals surface area contributed by atoms with Gasteiger partial charge in [0.1, 0.15) is 12.2 Å². The Morgan fingerprint density at radius 1 is 1.29 bits per heavy atom. The van der Waals surface area contributed by atoms with Crippen LogP contribution in [0.5, 0.6) is 0 Å². The Morgan fingerprint density at radius 3 is 2.57 bits per heavy atom. The van der Waals surface area contributed by atoms with Crippen molar-refractivity contribution in [3.8, 4) is 0 Å². The van der Waals surface area contributed by atoms with Gasteiger partial charge in [0.2, 0.25) is 0 Å². The fourth-order valence-corrected chi connectivity index (χ4v) is 1.38. The Kier molecular flexibility index (Phi) is 2.50. The summed E-state index contributed by atoms with van der Waals surface area (Å²) in [6, 6.07) is 7.77. The third kappa shape index (κ3) is 1.93. The van der Waals surface area contributed by atoms with E-state index in [0.29, 0.717) is 0 Å². The molecular formula is C10H10ClN3. The second kappa shape index (κ2) is 3.80. The third-order valence-corrected chi connectivity index (χ3v) is 2.33. The molecule has 0 fully saturated rings. The topological polar surface area (TPSA) is 30.7 Å². The van der Waals surface area contributed by atoms with Crippen LogP contribution in [0.2, 0.25) is 5.02 Å². The molecule has 1 heterocycles. The molecule has 0 saturated heterocycles. The second-order valence-electron chi connectivity index (χ2n) is 3.13. The van der Waals surface area contributed by atoms with Crippen molar-refractivity contribution in [1.29, 1.82) is 0 Å². The van der Waals surface area contributed by atoms with Crippen molar-refractivity contribution in [1.82, 2.24) is 14.8 Å². The summed E-state index contributed by atoms with van der Waals surface area (Å²) >= 11 is 5.79. The van der Waals surface area contributed by atoms with Crippen LogP contribution in [0, 0.1) is 6.92 Å². The molecule has 4 heteroatoms. The predicted octanol–water partition coefficient (Wildman–Crippen LogP) is 2.29. The van der Waals surface area contributed by atoms with E-state index in [2.05, 4.69) is 10.2 Å². The van der Waals surface area contributed by atoms with E-state index >= 15 is 0 Å². The van der Waals surface area contributed by atoms with Gasteiger partial charge in [-0.25, -0.2) is 0 Å². The first-order valence-electron chi connectivity index (χ1n) is 4.34. The predicted molar refractivity (Wildman–Crippen MR) is 55.3 cm³/mol. The lowest BCUT2D eigenvalue weighted by Crippen LogP contribution is -2.00. The average molecular weight is 208 g/mol. The van der Waals surface area contributed by atoms with Crippen LogP contribution in [0.25, 0.3) is 0 Å². The molecule has 0 aliphatic carbocycles. The Balaban J connectivity index is 2.19. The molecule has 0 saturated carbocycles. The highest BCUT2D eigenvalue weighted by molar-refractivity contribution is 6.30. The van der Waals surface area contributed by atoms with E-state index in [4.69, 9.17) is 11.6 Å². The van der Waals surface area contributed by atoms with Gasteiger partial charge in [-0.05, 0) is 24.6 Å². The molecule has 0 N–H and O–H groups in total. The fourth-order valence-electron chi connectivity index (χ4n) is 1.25. The van der Waals surface area contributed by atoms with Crippen LogP contribution >= 0.6 is 11.6 Å². The van der Waals surface area contributed by atoms with Crippen LogP contribution in [-0.4, -0.2) is 14.8 Å². The number of aryl methyl sites for hydroxylation is 1. The molecule has 0 unspecified atom stereocenters. The lowest BCUT2D eigenvalue weighted by atomic mass is 10.2. The number of benzene rings is 1. The first-order chi connectivity index (χ1) is 6.75. The van der Waals surface area contributed by atoms with E-state index in [1.807, 2.05) is 35.8 Å². The standard InChI is InChI=1S/C10H10ClN3/c1-8-13-12-7-14(8)6-9-2-4-10(11)5-3-9/h2-5,7H,6H2,1H3. The van der Waals surface area contributed by atoms with Crippen LogP contribution in [0.3, 0.4) is 0 Å². The van der Waals surface area contributed by atoms with Crippen molar-refractivity contribution < 1.29 is 0 Å². The van der Waals surface area contributed by atoms with Crippen LogP contribution in [0.1, 0.15) is 11.4 Å². The van der Waals surface area contributed by atoms with Gasteiger partial charge in [-0.3, -0.25) is 0 Å². The van der Waals surface area contributed by atoms with Gasteiger partial charge < -0.3 is 4.57 Å². The molecule has 1 aromatic carbocycles. The minimum Gasteiger partial charge on any atom is -0.313 e. The summed E-state index contributed by atoms with van der Waals surface area (Å²) in [6.07, 6.45) is 1.73. The van der Waals surface area contributed by atoms with Crippen LogP contribution < -0.4 is 0 Å². The summed E-state index contributed by atoms with van der Waals surface area (Å²) < 4.78 is 1.99. The van der Waals surface area contributed by atoms with Gasteiger partial charge in [-0.1, -0.05) is 23.7 Å². The molecule has 0 radical (unpaired) electrons. The minimum absolute atomic E-state index is 0.759. The average Bonchev–Trinajstić information content (AvgIpc) is 2.56. The minimum atomic E-state index is 0.759. The summed E-state index contributed by atoms with van der Waals surface area (Å²) in [5.41, 5.74) is 1.19. The van der Waals surface area contributed by atoms with E-state index in [-0.39, 0.29) is 0 Å². The fraction of sp³-hybridized carbons (Fsp3) is 0.200. The molecule has 14 heavy (non-hydrogen) atoms. The van der Waals surface area contributed by atoms with Crippen molar-refractivity contribution in [2.45, 2.75) is 13.5 Å². The zero-order chi connectivity index (χ0) is 9.97. The maximum atomic E-state index is 5.79. The molecule has 0 amide bonds. The van der Waals surface area contributed by atoms with E-state index in [0.717, 1.165) is 17.4 Å². The van der Waals surface area contributed by atoms with Crippen molar-refractivity contribution in [3.63, 3.8) is 0 Å². The van der Waals surface area contributed by atoms with E-state index in [1.165, 1.54) is 5.56 Å². The van der Waals surface area contributed by atoms with Gasteiger partial charge >= 0.3 is 0 Å². The number of halogens is 1. The number of aromatic nitrogens is 3. The highest BCUT2D eigenvalue weighted by Gasteiger charge is 1.99. The molecule has 0 bridgehead atoms. The second-order valence-corrected chi connectivity index (χ2v) is 3.57. The number of rotatable bonds is 2. The van der Waals surface area contributed by atoms with Crippen molar-refractivity contribution in [2.24, 2.45) is 0 Å². The van der Waals surface area contributed by atoms with E-state index < -0.39 is 0 Å². The lowest BCUT2D eigenvalue weighted by Gasteiger charge is -2.03. The summed E-state index contributed by atoms with van der Waals surface area (Å²) in [7, 11) is 0. The smallest absolute Gasteiger partial charge is 0.129 e. The number of hydrogen-bond donors (Lipinski definition) is 0. The van der Waals surface area contributed by atoms with Crippen molar-refractivity contribution in [3.05, 3.63) is 47.0 Å². The first-order valence-corrected chi connectivity index (χ1v) is 4.72. The first kappa shape index (κ1) is 9.21. The summed E-state index contributed by atoms with van der Waals surface area (Å²) in [5.74, 6) is 0.917. The molecule has 0 aliphatic heterocycles. The van der Waals surface area contributed by atoms with E-state index in [9.17, 15) is 0 Å². The molecule has 0 aliphatic rings. The maximum absolute atomic E-state index is 5.79. The lowest BCUT2D eigenvalue weighted by molar-refractivity contribution is 0.761. The monoisotopic (exact) mass is 207 g/mol. The molecule has 2 aromatic rings. The summed E-state index contributed by atoms with van der Waals surface area (Å²) in [6.45, 7) is 2.72. The Bertz CT molecular complexity index is 419. The highest BCUT2D eigenvalue weighted by atomic mass is 35.5. The van der Waals surface area contributed by atoms with Gasteiger partial charge in [-0.2, -0.15) is 0 Å². The van der Waals surface area contributed by atoms with Crippen LogP contribution in [-0.2, 0) is 6.54 Å². The highest BCUT2D eigenvalue weighted by Crippen LogP contribution is 2.10. The van der Waals surface area contributed by atoms with Gasteiger partial charge in [0, 0.05) is 5.02 Å². The third-order valence-electron chi connectivity index (χ3n) is 2.08. The summed E-state index contributed by atoms with van der Waals surface area (Å²) in [4.78, 5) is 0. The molecule has 3 nitrogen and oxygen atoms in total. The van der Waals surface area contributed by atoms with E-state index in [1.54, 1.807) is 6.33 Å². The molecule has 2 rings (SSSR count). The molecule has 0 atom stereocenters. The largest absolute Gasteiger partial charge is 0.313 e. The van der Waals surface area contributed by atoms with Crippen LogP contribution in [0.15, 0.2) is 30.6 Å². The van der Waals surface area contributed by atoms with Crippen molar-refractivity contribution in [2.75, 3.05) is 0 Å². The van der Waals surface area contributed by atoms with Gasteiger partial charge in [0.05, 0.1) is 6.54 Å². The Morgan fingerprint density at radius 2 is 2.00 bits per heavy atom. The number of nitrogens with zero attached hydrogens (tertiary/aromatic N) is 3. The normalized spacial score (nSPS) is 10.4. The Hall–Kier alpha value is -1.35. The summed E-state index contributed by atoms with van der Waals surface area (Å²) in [5, 5.41) is 8.50. The quantitative estimate of drug-likeness (QED) is 0.757. The van der Waals surface area contributed by atoms with Gasteiger partial charge in [0.25, 0.3) is 0 Å². The van der Waals surface area contributed by atoms with Crippen LogP contribution in [0.4, 0.5) is 0 Å². The van der Waals surface area contributed by atoms with Gasteiger partial charge in [-0.15, -0.1) is 10.2 Å². The maximum Gasteiger partial charge on any atom is 0.129 e. The SMILES string of the molecule is Cc1nncn1Cc1ccc(Cl)cc1.